The maximum absolute atomic E-state index is 13.3. The van der Waals surface area contributed by atoms with E-state index in [4.69, 9.17) is 11.6 Å². The summed E-state index contributed by atoms with van der Waals surface area (Å²) in [5.74, 6) is -1.24. The normalized spacial score (nSPS) is 10.4. The average Bonchev–Trinajstić information content (AvgIpc) is 2.27. The van der Waals surface area contributed by atoms with E-state index in [9.17, 15) is 13.6 Å². The van der Waals surface area contributed by atoms with Crippen molar-refractivity contribution in [3.05, 3.63) is 58.6 Å². The molecule has 0 heterocycles. The smallest absolute Gasteiger partial charge is 0.160 e. The summed E-state index contributed by atoms with van der Waals surface area (Å²) in [4.78, 5) is 11.5. The maximum atomic E-state index is 13.3. The fraction of sp³-hybridized carbons (Fsp3) is 0.0714. The lowest BCUT2D eigenvalue weighted by molar-refractivity contribution is 0.101. The van der Waals surface area contributed by atoms with Gasteiger partial charge in [-0.05, 0) is 54.4 Å². The third kappa shape index (κ3) is 2.57. The Bertz CT molecular complexity index is 603. The summed E-state index contributed by atoms with van der Waals surface area (Å²) in [6.45, 7) is 1.37. The van der Waals surface area contributed by atoms with Crippen LogP contribution in [0, 0.1) is 11.6 Å². The van der Waals surface area contributed by atoms with Gasteiger partial charge in [0.15, 0.2) is 5.78 Å². The summed E-state index contributed by atoms with van der Waals surface area (Å²) in [5.41, 5.74) is 1.05. The first-order valence-corrected chi connectivity index (χ1v) is 5.62. The average molecular weight is 267 g/mol. The van der Waals surface area contributed by atoms with E-state index in [2.05, 4.69) is 0 Å². The van der Waals surface area contributed by atoms with E-state index in [1.807, 2.05) is 0 Å². The van der Waals surface area contributed by atoms with E-state index in [0.29, 0.717) is 16.7 Å². The third-order valence-electron chi connectivity index (χ3n) is 2.53. The molecule has 0 unspecified atom stereocenters. The van der Waals surface area contributed by atoms with Gasteiger partial charge in [0.2, 0.25) is 0 Å². The van der Waals surface area contributed by atoms with Gasteiger partial charge >= 0.3 is 0 Å². The predicted octanol–water partition coefficient (Wildman–Crippen LogP) is 4.49. The zero-order valence-corrected chi connectivity index (χ0v) is 10.3. The summed E-state index contributed by atoms with van der Waals surface area (Å²) in [5, 5.41) is 0.198. The van der Waals surface area contributed by atoms with Crippen LogP contribution in [0.2, 0.25) is 5.02 Å². The molecule has 0 saturated carbocycles. The summed E-state index contributed by atoms with van der Waals surface area (Å²) in [6.07, 6.45) is 0. The van der Waals surface area contributed by atoms with Crippen molar-refractivity contribution in [2.24, 2.45) is 0 Å². The minimum atomic E-state index is -0.531. The molecule has 2 rings (SSSR count). The second-order valence-electron chi connectivity index (χ2n) is 3.90. The van der Waals surface area contributed by atoms with Crippen LogP contribution in [0.1, 0.15) is 17.3 Å². The van der Waals surface area contributed by atoms with E-state index in [1.165, 1.54) is 37.3 Å². The van der Waals surface area contributed by atoms with Crippen LogP contribution in [-0.2, 0) is 0 Å². The van der Waals surface area contributed by atoms with E-state index in [-0.39, 0.29) is 10.8 Å². The molecule has 1 nitrogen and oxygen atoms in total. The molecule has 0 spiro atoms. The van der Waals surface area contributed by atoms with Crippen LogP contribution in [0.5, 0.6) is 0 Å². The first-order valence-electron chi connectivity index (χ1n) is 5.24. The summed E-state index contributed by atoms with van der Waals surface area (Å²) >= 11 is 5.75. The van der Waals surface area contributed by atoms with Gasteiger partial charge in [-0.3, -0.25) is 4.79 Å². The Morgan fingerprint density at radius 1 is 1.06 bits per heavy atom. The molecule has 4 heteroatoms. The zero-order valence-electron chi connectivity index (χ0n) is 9.51. The maximum Gasteiger partial charge on any atom is 0.160 e. The monoisotopic (exact) mass is 266 g/mol. The van der Waals surface area contributed by atoms with Gasteiger partial charge in [0.05, 0.1) is 0 Å². The molecule has 0 aromatic heterocycles. The highest BCUT2D eigenvalue weighted by Crippen LogP contribution is 2.28. The molecule has 0 atom stereocenters. The number of halogens is 3. The number of hydrogen-bond donors (Lipinski definition) is 0. The zero-order chi connectivity index (χ0) is 13.3. The minimum absolute atomic E-state index is 0.198. The van der Waals surface area contributed by atoms with Crippen molar-refractivity contribution in [2.75, 3.05) is 0 Å². The predicted molar refractivity (Wildman–Crippen MR) is 66.8 cm³/mol. The minimum Gasteiger partial charge on any atom is -0.294 e. The lowest BCUT2D eigenvalue weighted by Crippen LogP contribution is -1.97. The van der Waals surface area contributed by atoms with Crippen LogP contribution in [-0.4, -0.2) is 5.78 Å². The number of benzene rings is 2. The van der Waals surface area contributed by atoms with Crippen LogP contribution < -0.4 is 0 Å². The third-order valence-corrected chi connectivity index (χ3v) is 2.75. The highest BCUT2D eigenvalue weighted by Gasteiger charge is 2.12. The fourth-order valence-electron chi connectivity index (χ4n) is 1.77. The topological polar surface area (TPSA) is 17.1 Å². The van der Waals surface area contributed by atoms with Crippen molar-refractivity contribution in [1.82, 2.24) is 0 Å². The van der Waals surface area contributed by atoms with Crippen LogP contribution in [0.15, 0.2) is 36.4 Å². The van der Waals surface area contributed by atoms with Gasteiger partial charge in [-0.25, -0.2) is 8.78 Å². The molecule has 18 heavy (non-hydrogen) atoms. The molecule has 0 fully saturated rings. The van der Waals surface area contributed by atoms with Gasteiger partial charge in [-0.1, -0.05) is 11.6 Å². The number of carbonyl (C=O) groups is 1. The Morgan fingerprint density at radius 3 is 2.39 bits per heavy atom. The van der Waals surface area contributed by atoms with Crippen molar-refractivity contribution >= 4 is 17.4 Å². The van der Waals surface area contributed by atoms with Crippen LogP contribution in [0.25, 0.3) is 11.1 Å². The van der Waals surface area contributed by atoms with Gasteiger partial charge in [-0.2, -0.15) is 0 Å². The van der Waals surface area contributed by atoms with Crippen molar-refractivity contribution in [3.63, 3.8) is 0 Å². The molecule has 0 radical (unpaired) electrons. The number of hydrogen-bond acceptors (Lipinski definition) is 1. The summed E-state index contributed by atoms with van der Waals surface area (Å²) in [7, 11) is 0. The molecule has 0 aliphatic carbocycles. The number of ketones is 1. The molecule has 2 aromatic rings. The first kappa shape index (κ1) is 12.7. The van der Waals surface area contributed by atoms with Crippen LogP contribution in [0.4, 0.5) is 8.78 Å². The molecule has 0 N–H and O–H groups in total. The first-order chi connectivity index (χ1) is 8.47. The molecule has 0 saturated heterocycles. The Hall–Kier alpha value is -1.74. The van der Waals surface area contributed by atoms with Crippen molar-refractivity contribution in [3.8, 4) is 11.1 Å². The highest BCUT2D eigenvalue weighted by atomic mass is 35.5. The fourth-order valence-corrected chi connectivity index (χ4v) is 1.99. The van der Waals surface area contributed by atoms with Gasteiger partial charge in [0.1, 0.15) is 11.6 Å². The Labute approximate surface area is 108 Å². The quantitative estimate of drug-likeness (QED) is 0.732. The van der Waals surface area contributed by atoms with Gasteiger partial charge in [-0.15, -0.1) is 0 Å². The second-order valence-corrected chi connectivity index (χ2v) is 4.34. The Morgan fingerprint density at radius 2 is 1.78 bits per heavy atom. The van der Waals surface area contributed by atoms with E-state index < -0.39 is 11.6 Å². The number of carbonyl (C=O) groups excluding carboxylic acids is 1. The SMILES string of the molecule is CC(=O)c1ccc(F)cc1-c1cc(F)cc(Cl)c1. The number of rotatable bonds is 2. The van der Waals surface area contributed by atoms with Crippen molar-refractivity contribution < 1.29 is 13.6 Å². The number of Topliss-reactive ketones (excluding diaryl/α,β-unsaturated/α-hetero) is 1. The van der Waals surface area contributed by atoms with Gasteiger partial charge < -0.3 is 0 Å². The Kier molecular flexibility index (Phi) is 3.43. The van der Waals surface area contributed by atoms with Gasteiger partial charge in [0, 0.05) is 10.6 Å². The molecule has 0 bridgehead atoms. The molecule has 2 aromatic carbocycles. The lowest BCUT2D eigenvalue weighted by Gasteiger charge is -2.08. The van der Waals surface area contributed by atoms with Gasteiger partial charge in [0.25, 0.3) is 0 Å². The van der Waals surface area contributed by atoms with E-state index in [1.54, 1.807) is 0 Å². The molecule has 0 aliphatic rings. The standard InChI is InChI=1S/C14H9ClF2O/c1-8(18)13-3-2-11(16)7-14(13)9-4-10(15)6-12(17)5-9/h2-7H,1H3. The molecule has 92 valence electrons. The molecular formula is C14H9ClF2O. The van der Waals surface area contributed by atoms with Crippen molar-refractivity contribution in [1.29, 1.82) is 0 Å². The molecule has 0 amide bonds. The largest absolute Gasteiger partial charge is 0.294 e. The molecule has 0 aliphatic heterocycles. The van der Waals surface area contributed by atoms with E-state index >= 15 is 0 Å². The summed E-state index contributed by atoms with van der Waals surface area (Å²) in [6, 6.07) is 7.63. The van der Waals surface area contributed by atoms with Crippen LogP contribution >= 0.6 is 11.6 Å². The molecular weight excluding hydrogens is 258 g/mol. The van der Waals surface area contributed by atoms with Crippen molar-refractivity contribution in [2.45, 2.75) is 6.92 Å². The lowest BCUT2D eigenvalue weighted by atomic mass is 9.97. The van der Waals surface area contributed by atoms with Crippen LogP contribution in [0.3, 0.4) is 0 Å². The summed E-state index contributed by atoms with van der Waals surface area (Å²) < 4.78 is 26.5. The van der Waals surface area contributed by atoms with E-state index in [0.717, 1.165) is 6.07 Å². The second kappa shape index (κ2) is 4.86. The highest BCUT2D eigenvalue weighted by molar-refractivity contribution is 6.30. The Balaban J connectivity index is 2.68.